The minimum atomic E-state index is -0.415. The number of aromatic nitrogens is 2. The Balaban J connectivity index is 2.86. The zero-order valence-corrected chi connectivity index (χ0v) is 10.7. The highest BCUT2D eigenvalue weighted by Gasteiger charge is 2.16. The summed E-state index contributed by atoms with van der Waals surface area (Å²) in [5.74, 6) is 0.823. The second-order valence-corrected chi connectivity index (χ2v) is 4.94. The van der Waals surface area contributed by atoms with Crippen LogP contribution in [0.5, 0.6) is 0 Å². The molecule has 0 saturated carbocycles. The first kappa shape index (κ1) is 13.1. The number of hydrogen-bond acceptors (Lipinski definition) is 4. The Bertz CT molecular complexity index is 330. The molecule has 1 aromatic heterocycles. The maximum Gasteiger partial charge on any atom is 0.200 e. The van der Waals surface area contributed by atoms with E-state index in [1.165, 1.54) is 0 Å². The molecule has 1 aromatic rings. The van der Waals surface area contributed by atoms with Crippen molar-refractivity contribution in [2.24, 2.45) is 5.41 Å². The smallest absolute Gasteiger partial charge is 0.200 e. The van der Waals surface area contributed by atoms with Crippen LogP contribution in [0, 0.1) is 5.41 Å². The predicted molar refractivity (Wildman–Crippen MR) is 62.0 cm³/mol. The summed E-state index contributed by atoms with van der Waals surface area (Å²) >= 11 is 0. The molecule has 0 saturated heterocycles. The Kier molecular flexibility index (Phi) is 4.38. The van der Waals surface area contributed by atoms with Gasteiger partial charge in [-0.2, -0.15) is 0 Å². The third-order valence-corrected chi connectivity index (χ3v) is 2.09. The molecular weight excluding hydrogens is 204 g/mol. The van der Waals surface area contributed by atoms with Gasteiger partial charge in [0.05, 0.1) is 5.69 Å². The van der Waals surface area contributed by atoms with Crippen molar-refractivity contribution >= 4 is 0 Å². The first-order chi connectivity index (χ1) is 7.46. The average Bonchev–Trinajstić information content (AvgIpc) is 2.17. The van der Waals surface area contributed by atoms with E-state index in [4.69, 9.17) is 9.47 Å². The summed E-state index contributed by atoms with van der Waals surface area (Å²) in [7, 11) is 3.19. The van der Waals surface area contributed by atoms with Gasteiger partial charge in [0.15, 0.2) is 0 Å². The lowest BCUT2D eigenvalue weighted by Gasteiger charge is -2.18. The summed E-state index contributed by atoms with van der Waals surface area (Å²) in [6.45, 7) is 6.48. The van der Waals surface area contributed by atoms with E-state index < -0.39 is 6.29 Å². The zero-order chi connectivity index (χ0) is 12.2. The highest BCUT2D eigenvalue weighted by molar-refractivity contribution is 5.05. The van der Waals surface area contributed by atoms with Gasteiger partial charge in [0.1, 0.15) is 5.82 Å². The van der Waals surface area contributed by atoms with Crippen molar-refractivity contribution in [2.75, 3.05) is 14.2 Å². The molecule has 0 fully saturated rings. The zero-order valence-electron chi connectivity index (χ0n) is 10.7. The molecule has 0 aliphatic carbocycles. The molecule has 0 N–H and O–H groups in total. The minimum Gasteiger partial charge on any atom is -0.350 e. The second kappa shape index (κ2) is 5.37. The highest BCUT2D eigenvalue weighted by atomic mass is 16.7. The van der Waals surface area contributed by atoms with Gasteiger partial charge in [-0.05, 0) is 11.5 Å². The molecule has 0 unspecified atom stereocenters. The highest BCUT2D eigenvalue weighted by Crippen LogP contribution is 2.20. The molecule has 90 valence electrons. The van der Waals surface area contributed by atoms with Crippen molar-refractivity contribution in [2.45, 2.75) is 33.5 Å². The molecule has 4 nitrogen and oxygen atoms in total. The van der Waals surface area contributed by atoms with Gasteiger partial charge in [-0.15, -0.1) is 0 Å². The normalized spacial score (nSPS) is 12.1. The number of methoxy groups -OCH3 is 2. The van der Waals surface area contributed by atoms with Crippen molar-refractivity contribution < 1.29 is 9.47 Å². The lowest BCUT2D eigenvalue weighted by Crippen LogP contribution is -2.14. The summed E-state index contributed by atoms with van der Waals surface area (Å²) in [5, 5.41) is 0. The second-order valence-electron chi connectivity index (χ2n) is 4.94. The van der Waals surface area contributed by atoms with Crippen LogP contribution in [0.2, 0.25) is 0 Å². The van der Waals surface area contributed by atoms with Gasteiger partial charge >= 0.3 is 0 Å². The topological polar surface area (TPSA) is 44.2 Å². The van der Waals surface area contributed by atoms with Crippen molar-refractivity contribution in [3.63, 3.8) is 0 Å². The standard InChI is InChI=1S/C12H20N2O2/c1-12(2,3)8-10-13-7-6-9(14-10)11(15-4)16-5/h6-7,11H,8H2,1-5H3. The van der Waals surface area contributed by atoms with E-state index in [0.29, 0.717) is 0 Å². The van der Waals surface area contributed by atoms with Crippen molar-refractivity contribution in [1.82, 2.24) is 9.97 Å². The molecule has 1 rings (SSSR count). The Labute approximate surface area is 97.0 Å². The molecule has 0 atom stereocenters. The van der Waals surface area contributed by atoms with Crippen LogP contribution in [0.25, 0.3) is 0 Å². The first-order valence-corrected chi connectivity index (χ1v) is 5.33. The van der Waals surface area contributed by atoms with Gasteiger partial charge in [-0.3, -0.25) is 0 Å². The molecule has 4 heteroatoms. The monoisotopic (exact) mass is 224 g/mol. The van der Waals surface area contributed by atoms with E-state index in [-0.39, 0.29) is 5.41 Å². The van der Waals surface area contributed by atoms with Crippen molar-refractivity contribution in [1.29, 1.82) is 0 Å². The van der Waals surface area contributed by atoms with Crippen molar-refractivity contribution in [3.05, 3.63) is 23.8 Å². The van der Waals surface area contributed by atoms with E-state index in [2.05, 4.69) is 30.7 Å². The van der Waals surface area contributed by atoms with Crippen LogP contribution in [0.1, 0.15) is 38.6 Å². The van der Waals surface area contributed by atoms with Gasteiger partial charge in [-0.1, -0.05) is 20.8 Å². The Hall–Kier alpha value is -1.00. The maximum absolute atomic E-state index is 5.16. The summed E-state index contributed by atoms with van der Waals surface area (Å²) in [4.78, 5) is 8.69. The third-order valence-electron chi connectivity index (χ3n) is 2.09. The Morgan fingerprint density at radius 1 is 1.25 bits per heavy atom. The maximum atomic E-state index is 5.16. The molecular formula is C12H20N2O2. The minimum absolute atomic E-state index is 0.175. The van der Waals surface area contributed by atoms with Gasteiger partial charge < -0.3 is 9.47 Å². The van der Waals surface area contributed by atoms with Gasteiger partial charge in [0, 0.05) is 26.8 Å². The third kappa shape index (κ3) is 3.87. The van der Waals surface area contributed by atoms with Crippen LogP contribution < -0.4 is 0 Å². The van der Waals surface area contributed by atoms with E-state index in [1.54, 1.807) is 20.4 Å². The molecule has 0 amide bonds. The first-order valence-electron chi connectivity index (χ1n) is 5.33. The molecule has 0 bridgehead atoms. The van der Waals surface area contributed by atoms with E-state index in [9.17, 15) is 0 Å². The SMILES string of the molecule is COC(OC)c1ccnc(CC(C)(C)C)n1. The van der Waals surface area contributed by atoms with E-state index in [0.717, 1.165) is 17.9 Å². The Morgan fingerprint density at radius 2 is 1.88 bits per heavy atom. The van der Waals surface area contributed by atoms with Gasteiger partial charge in [-0.25, -0.2) is 9.97 Å². The van der Waals surface area contributed by atoms with Crippen LogP contribution in [-0.2, 0) is 15.9 Å². The van der Waals surface area contributed by atoms with E-state index in [1.807, 2.05) is 6.07 Å². The fourth-order valence-corrected chi connectivity index (χ4v) is 1.44. The average molecular weight is 224 g/mol. The van der Waals surface area contributed by atoms with E-state index >= 15 is 0 Å². The molecule has 0 spiro atoms. The van der Waals surface area contributed by atoms with Gasteiger partial charge in [0.25, 0.3) is 0 Å². The van der Waals surface area contributed by atoms with Crippen LogP contribution in [0.15, 0.2) is 12.3 Å². The van der Waals surface area contributed by atoms with Crippen molar-refractivity contribution in [3.8, 4) is 0 Å². The number of nitrogens with zero attached hydrogens (tertiary/aromatic N) is 2. The lowest BCUT2D eigenvalue weighted by atomic mass is 9.92. The van der Waals surface area contributed by atoms with Crippen LogP contribution in [0.4, 0.5) is 0 Å². The fraction of sp³-hybridized carbons (Fsp3) is 0.667. The summed E-state index contributed by atoms with van der Waals surface area (Å²) in [6.07, 6.45) is 2.16. The predicted octanol–water partition coefficient (Wildman–Crippen LogP) is 2.36. The number of rotatable bonds is 4. The number of ether oxygens (including phenoxy) is 2. The quantitative estimate of drug-likeness (QED) is 0.736. The summed E-state index contributed by atoms with van der Waals surface area (Å²) in [5.41, 5.74) is 0.938. The summed E-state index contributed by atoms with van der Waals surface area (Å²) < 4.78 is 10.3. The lowest BCUT2D eigenvalue weighted by molar-refractivity contribution is -0.108. The molecule has 1 heterocycles. The van der Waals surface area contributed by atoms with Crippen LogP contribution in [-0.4, -0.2) is 24.2 Å². The van der Waals surface area contributed by atoms with Crippen LogP contribution in [0.3, 0.4) is 0 Å². The molecule has 16 heavy (non-hydrogen) atoms. The molecule has 0 aliphatic rings. The number of hydrogen-bond donors (Lipinski definition) is 0. The molecule has 0 aliphatic heterocycles. The van der Waals surface area contributed by atoms with Crippen LogP contribution >= 0.6 is 0 Å². The van der Waals surface area contributed by atoms with Gasteiger partial charge in [0.2, 0.25) is 6.29 Å². The molecule has 0 radical (unpaired) electrons. The largest absolute Gasteiger partial charge is 0.350 e. The summed E-state index contributed by atoms with van der Waals surface area (Å²) in [6, 6.07) is 1.81. The Morgan fingerprint density at radius 3 is 2.38 bits per heavy atom. The fourth-order valence-electron chi connectivity index (χ4n) is 1.44. The molecule has 0 aromatic carbocycles.